The molecular formula is C8H9N3S. The van der Waals surface area contributed by atoms with Crippen LogP contribution in [0.25, 0.3) is 0 Å². The predicted octanol–water partition coefficient (Wildman–Crippen LogP) is 1.71. The van der Waals surface area contributed by atoms with Crippen molar-refractivity contribution in [3.63, 3.8) is 0 Å². The van der Waals surface area contributed by atoms with Crippen LogP contribution in [-0.2, 0) is 0 Å². The second kappa shape index (κ2) is 3.08. The number of rotatable bonds is 1. The van der Waals surface area contributed by atoms with Crippen LogP contribution in [0.5, 0.6) is 0 Å². The molecule has 4 heteroatoms. The third kappa shape index (κ3) is 1.39. The second-order valence-corrected chi connectivity index (χ2v) is 3.15. The van der Waals surface area contributed by atoms with Gasteiger partial charge in [0.05, 0.1) is 5.69 Å². The Bertz CT molecular complexity index is 294. The molecule has 0 saturated heterocycles. The summed E-state index contributed by atoms with van der Waals surface area (Å²) in [7, 11) is 0. The van der Waals surface area contributed by atoms with E-state index in [0.29, 0.717) is 0 Å². The first-order valence-corrected chi connectivity index (χ1v) is 4.47. The average Bonchev–Trinajstić information content (AvgIpc) is 2.58. The highest BCUT2D eigenvalue weighted by Gasteiger charge is 2.05. The van der Waals surface area contributed by atoms with Crippen molar-refractivity contribution in [2.75, 3.05) is 10.7 Å². The fraction of sp³-hybridized carbons (Fsp3) is 0. The van der Waals surface area contributed by atoms with Crippen molar-refractivity contribution in [2.45, 2.75) is 0 Å². The Labute approximate surface area is 75.3 Å². The van der Waals surface area contributed by atoms with E-state index in [-0.39, 0.29) is 0 Å². The maximum absolute atomic E-state index is 5.56. The minimum atomic E-state index is 0.787. The van der Waals surface area contributed by atoms with E-state index in [0.717, 1.165) is 11.4 Å². The van der Waals surface area contributed by atoms with Crippen LogP contribution in [0.2, 0.25) is 0 Å². The fourth-order valence-corrected chi connectivity index (χ4v) is 1.51. The van der Waals surface area contributed by atoms with Crippen molar-refractivity contribution < 1.29 is 0 Å². The van der Waals surface area contributed by atoms with E-state index in [1.165, 1.54) is 0 Å². The molecule has 3 N–H and O–H groups in total. The van der Waals surface area contributed by atoms with Crippen LogP contribution in [-0.4, -0.2) is 0 Å². The Balaban J connectivity index is 2.23. The summed E-state index contributed by atoms with van der Waals surface area (Å²) in [5, 5.41) is 3.92. The molecule has 0 saturated carbocycles. The number of nitrogens with zero attached hydrogens (tertiary/aromatic N) is 1. The number of benzene rings is 1. The van der Waals surface area contributed by atoms with Crippen molar-refractivity contribution in [2.24, 2.45) is 0 Å². The maximum atomic E-state index is 5.56. The molecule has 1 aliphatic rings. The quantitative estimate of drug-likeness (QED) is 0.508. The van der Waals surface area contributed by atoms with Gasteiger partial charge in [0.1, 0.15) is 0 Å². The molecule has 2 rings (SSSR count). The van der Waals surface area contributed by atoms with E-state index >= 15 is 0 Å². The lowest BCUT2D eigenvalue weighted by molar-refractivity contribution is 1.01. The molecule has 62 valence electrons. The standard InChI is InChI=1S/C8H9N3S/c9-7-1-3-8(4-2-7)11-5-6-12-10-11/h1-6,10H,9H2. The van der Waals surface area contributed by atoms with E-state index in [1.807, 2.05) is 40.9 Å². The largest absolute Gasteiger partial charge is 0.399 e. The van der Waals surface area contributed by atoms with E-state index in [4.69, 9.17) is 5.73 Å². The van der Waals surface area contributed by atoms with Gasteiger partial charge in [-0.25, -0.2) is 0 Å². The first-order chi connectivity index (χ1) is 5.86. The van der Waals surface area contributed by atoms with E-state index in [2.05, 4.69) is 4.83 Å². The van der Waals surface area contributed by atoms with Crippen molar-refractivity contribution >= 4 is 23.3 Å². The van der Waals surface area contributed by atoms with Gasteiger partial charge >= 0.3 is 0 Å². The van der Waals surface area contributed by atoms with Gasteiger partial charge in [-0.05, 0) is 36.2 Å². The van der Waals surface area contributed by atoms with Crippen LogP contribution >= 0.6 is 11.9 Å². The van der Waals surface area contributed by atoms with Crippen molar-refractivity contribution in [1.29, 1.82) is 0 Å². The zero-order valence-corrected chi connectivity index (χ0v) is 7.21. The molecular weight excluding hydrogens is 170 g/mol. The molecule has 1 aromatic carbocycles. The number of hydrogen-bond donors (Lipinski definition) is 2. The van der Waals surface area contributed by atoms with Crippen LogP contribution in [0.3, 0.4) is 0 Å². The lowest BCUT2D eigenvalue weighted by Crippen LogP contribution is -2.22. The number of nitrogens with one attached hydrogen (secondary N) is 1. The molecule has 0 spiro atoms. The Kier molecular flexibility index (Phi) is 1.93. The SMILES string of the molecule is Nc1ccc(N2C=CSN2)cc1. The molecule has 0 bridgehead atoms. The number of anilines is 2. The van der Waals surface area contributed by atoms with E-state index in [9.17, 15) is 0 Å². The highest BCUT2D eigenvalue weighted by molar-refractivity contribution is 8.00. The summed E-state index contributed by atoms with van der Waals surface area (Å²) in [5.41, 5.74) is 7.44. The summed E-state index contributed by atoms with van der Waals surface area (Å²) >= 11 is 1.55. The van der Waals surface area contributed by atoms with Crippen LogP contribution in [0.1, 0.15) is 0 Å². The summed E-state index contributed by atoms with van der Waals surface area (Å²) in [6, 6.07) is 7.71. The van der Waals surface area contributed by atoms with E-state index in [1.54, 1.807) is 11.9 Å². The lowest BCUT2D eigenvalue weighted by Gasteiger charge is -2.14. The van der Waals surface area contributed by atoms with Crippen LogP contribution in [0.4, 0.5) is 11.4 Å². The maximum Gasteiger partial charge on any atom is 0.0581 e. The third-order valence-corrected chi connectivity index (χ3v) is 2.16. The van der Waals surface area contributed by atoms with Gasteiger partial charge in [0.15, 0.2) is 0 Å². The first kappa shape index (κ1) is 7.52. The Morgan fingerprint density at radius 3 is 2.58 bits per heavy atom. The molecule has 3 nitrogen and oxygen atoms in total. The summed E-state index contributed by atoms with van der Waals surface area (Å²) in [4.78, 5) is 3.09. The number of hydrogen-bond acceptors (Lipinski definition) is 4. The molecule has 0 fully saturated rings. The molecule has 0 radical (unpaired) electrons. The van der Waals surface area contributed by atoms with Crippen molar-refractivity contribution in [3.05, 3.63) is 35.9 Å². The fourth-order valence-electron chi connectivity index (χ4n) is 0.983. The molecule has 0 amide bonds. The van der Waals surface area contributed by atoms with Crippen LogP contribution in [0.15, 0.2) is 35.9 Å². The molecule has 1 aliphatic heterocycles. The zero-order valence-electron chi connectivity index (χ0n) is 6.40. The molecule has 0 aromatic heterocycles. The topological polar surface area (TPSA) is 41.3 Å². The number of nitrogen functional groups attached to an aromatic ring is 1. The Morgan fingerprint density at radius 2 is 2.00 bits per heavy atom. The number of nitrogens with two attached hydrogens (primary N) is 1. The van der Waals surface area contributed by atoms with Crippen LogP contribution < -0.4 is 15.6 Å². The summed E-state index contributed by atoms with van der Waals surface area (Å²) in [6.07, 6.45) is 1.97. The summed E-state index contributed by atoms with van der Waals surface area (Å²) in [5.74, 6) is 0. The van der Waals surface area contributed by atoms with Gasteiger partial charge in [-0.3, -0.25) is 5.01 Å². The molecule has 1 aromatic rings. The Morgan fingerprint density at radius 1 is 1.25 bits per heavy atom. The van der Waals surface area contributed by atoms with Gasteiger partial charge in [0.2, 0.25) is 0 Å². The normalized spacial score (nSPS) is 15.5. The highest BCUT2D eigenvalue weighted by Crippen LogP contribution is 2.20. The molecule has 1 heterocycles. The second-order valence-electron chi connectivity index (χ2n) is 2.46. The van der Waals surface area contributed by atoms with Gasteiger partial charge in [0, 0.05) is 17.3 Å². The highest BCUT2D eigenvalue weighted by atomic mass is 32.2. The molecule has 0 atom stereocenters. The van der Waals surface area contributed by atoms with E-state index < -0.39 is 0 Å². The van der Waals surface area contributed by atoms with Crippen LogP contribution in [0, 0.1) is 0 Å². The minimum absolute atomic E-state index is 0.787. The summed E-state index contributed by atoms with van der Waals surface area (Å²) < 4.78 is 0. The minimum Gasteiger partial charge on any atom is -0.399 e. The van der Waals surface area contributed by atoms with Gasteiger partial charge in [0.25, 0.3) is 0 Å². The predicted molar refractivity (Wildman–Crippen MR) is 53.2 cm³/mol. The Hall–Kier alpha value is -1.13. The number of hydrazine groups is 1. The van der Waals surface area contributed by atoms with Crippen molar-refractivity contribution in [3.8, 4) is 0 Å². The average molecular weight is 179 g/mol. The van der Waals surface area contributed by atoms with Gasteiger partial charge in [-0.15, -0.1) is 0 Å². The monoisotopic (exact) mass is 179 g/mol. The first-order valence-electron chi connectivity index (χ1n) is 3.59. The summed E-state index contributed by atoms with van der Waals surface area (Å²) in [6.45, 7) is 0. The lowest BCUT2D eigenvalue weighted by atomic mass is 10.3. The van der Waals surface area contributed by atoms with Gasteiger partial charge in [-0.1, -0.05) is 0 Å². The molecule has 12 heavy (non-hydrogen) atoms. The smallest absolute Gasteiger partial charge is 0.0581 e. The van der Waals surface area contributed by atoms with Crippen molar-refractivity contribution in [1.82, 2.24) is 4.83 Å². The molecule has 0 unspecified atom stereocenters. The third-order valence-electron chi connectivity index (χ3n) is 1.60. The zero-order chi connectivity index (χ0) is 8.39. The van der Waals surface area contributed by atoms with Gasteiger partial charge < -0.3 is 5.73 Å². The van der Waals surface area contributed by atoms with Gasteiger partial charge in [-0.2, -0.15) is 4.83 Å². The molecule has 0 aliphatic carbocycles.